The molecule has 110 valence electrons. The van der Waals surface area contributed by atoms with Gasteiger partial charge < -0.3 is 5.32 Å². The normalized spacial score (nSPS) is 15.8. The van der Waals surface area contributed by atoms with Crippen LogP contribution >= 0.6 is 11.3 Å². The van der Waals surface area contributed by atoms with Crippen molar-refractivity contribution >= 4 is 22.9 Å². The average Bonchev–Trinajstić information content (AvgIpc) is 3.05. The third kappa shape index (κ3) is 3.93. The van der Waals surface area contributed by atoms with Gasteiger partial charge in [-0.1, -0.05) is 24.6 Å². The summed E-state index contributed by atoms with van der Waals surface area (Å²) in [5.74, 6) is -0.0335. The van der Waals surface area contributed by atoms with E-state index in [2.05, 4.69) is 22.3 Å². The molecule has 0 radical (unpaired) electrons. The van der Waals surface area contributed by atoms with Gasteiger partial charge in [0, 0.05) is 12.2 Å². The highest BCUT2D eigenvalue weighted by atomic mass is 32.1. The molecular weight excluding hydrogens is 280 g/mol. The summed E-state index contributed by atoms with van der Waals surface area (Å²) in [5.41, 5.74) is 2.17. The van der Waals surface area contributed by atoms with Gasteiger partial charge in [0.25, 0.3) is 5.91 Å². The second kappa shape index (κ2) is 6.87. The number of carbonyl (C=O) groups excluding carboxylic acids is 1. The van der Waals surface area contributed by atoms with Crippen molar-refractivity contribution in [3.63, 3.8) is 0 Å². The number of thiophene rings is 1. The molecular formula is C17H20N2OS. The first-order valence-electron chi connectivity index (χ1n) is 7.47. The average molecular weight is 300 g/mol. The maximum Gasteiger partial charge on any atom is 0.265 e. The van der Waals surface area contributed by atoms with E-state index < -0.39 is 0 Å². The summed E-state index contributed by atoms with van der Waals surface area (Å²) < 4.78 is 0. The van der Waals surface area contributed by atoms with Crippen LogP contribution in [0.1, 0.15) is 34.5 Å². The van der Waals surface area contributed by atoms with Crippen molar-refractivity contribution in [3.8, 4) is 0 Å². The topological polar surface area (TPSA) is 32.3 Å². The van der Waals surface area contributed by atoms with E-state index in [1.807, 2.05) is 29.6 Å². The van der Waals surface area contributed by atoms with Crippen molar-refractivity contribution in [1.29, 1.82) is 0 Å². The van der Waals surface area contributed by atoms with Gasteiger partial charge in [0.2, 0.25) is 0 Å². The number of hydrogen-bond acceptors (Lipinski definition) is 3. The monoisotopic (exact) mass is 300 g/mol. The maximum absolute atomic E-state index is 12.0. The third-order valence-corrected chi connectivity index (χ3v) is 4.68. The van der Waals surface area contributed by atoms with Crippen molar-refractivity contribution < 1.29 is 4.79 Å². The predicted molar refractivity (Wildman–Crippen MR) is 87.8 cm³/mol. The molecule has 1 aliphatic rings. The summed E-state index contributed by atoms with van der Waals surface area (Å²) in [4.78, 5) is 15.2. The molecule has 2 aromatic rings. The molecule has 0 saturated carbocycles. The smallest absolute Gasteiger partial charge is 0.265 e. The SMILES string of the molecule is O=C(Nc1ccc(CN2CCCCC2)cc1)c1cccs1. The number of amides is 1. The molecule has 0 unspecified atom stereocenters. The zero-order chi connectivity index (χ0) is 14.5. The van der Waals surface area contributed by atoms with Crippen LogP contribution in [0.4, 0.5) is 5.69 Å². The second-order valence-electron chi connectivity index (χ2n) is 5.47. The van der Waals surface area contributed by atoms with Gasteiger partial charge in [-0.2, -0.15) is 0 Å². The molecule has 0 spiro atoms. The lowest BCUT2D eigenvalue weighted by Gasteiger charge is -2.26. The Hall–Kier alpha value is -1.65. The molecule has 1 aromatic carbocycles. The van der Waals surface area contributed by atoms with Crippen molar-refractivity contribution in [2.45, 2.75) is 25.8 Å². The molecule has 21 heavy (non-hydrogen) atoms. The van der Waals surface area contributed by atoms with E-state index in [4.69, 9.17) is 0 Å². The quantitative estimate of drug-likeness (QED) is 0.926. The Morgan fingerprint density at radius 2 is 1.86 bits per heavy atom. The molecule has 0 bridgehead atoms. The molecule has 1 aromatic heterocycles. The van der Waals surface area contributed by atoms with Crippen molar-refractivity contribution in [2.75, 3.05) is 18.4 Å². The highest BCUT2D eigenvalue weighted by Gasteiger charge is 2.11. The standard InChI is InChI=1S/C17H20N2OS/c20-17(16-5-4-12-21-16)18-15-8-6-14(7-9-15)13-19-10-2-1-3-11-19/h4-9,12H,1-3,10-11,13H2,(H,18,20). The molecule has 3 nitrogen and oxygen atoms in total. The van der Waals surface area contributed by atoms with Crippen LogP contribution in [0.2, 0.25) is 0 Å². The number of likely N-dealkylation sites (tertiary alicyclic amines) is 1. The molecule has 1 saturated heterocycles. The first-order chi connectivity index (χ1) is 10.3. The van der Waals surface area contributed by atoms with Crippen LogP contribution in [0.15, 0.2) is 41.8 Å². The number of rotatable bonds is 4. The van der Waals surface area contributed by atoms with E-state index in [0.717, 1.165) is 17.1 Å². The molecule has 4 heteroatoms. The van der Waals surface area contributed by atoms with Crippen LogP contribution in [0, 0.1) is 0 Å². The maximum atomic E-state index is 12.0. The zero-order valence-electron chi connectivity index (χ0n) is 12.0. The second-order valence-corrected chi connectivity index (χ2v) is 6.41. The van der Waals surface area contributed by atoms with Crippen LogP contribution in [0.3, 0.4) is 0 Å². The fourth-order valence-electron chi connectivity index (χ4n) is 2.67. The molecule has 2 heterocycles. The number of hydrogen-bond donors (Lipinski definition) is 1. The Bertz CT molecular complexity index is 571. The fraction of sp³-hybridized carbons (Fsp3) is 0.353. The Labute approximate surface area is 129 Å². The van der Waals surface area contributed by atoms with Crippen LogP contribution in [0.5, 0.6) is 0 Å². The molecule has 0 atom stereocenters. The molecule has 1 fully saturated rings. The molecule has 0 aliphatic carbocycles. The van der Waals surface area contributed by atoms with E-state index in [1.165, 1.54) is 49.3 Å². The van der Waals surface area contributed by atoms with E-state index in [0.29, 0.717) is 0 Å². The lowest BCUT2D eigenvalue weighted by molar-refractivity contribution is 0.103. The minimum absolute atomic E-state index is 0.0335. The molecule has 1 amide bonds. The summed E-state index contributed by atoms with van der Waals surface area (Å²) >= 11 is 1.46. The van der Waals surface area contributed by atoms with Gasteiger partial charge in [0.05, 0.1) is 4.88 Å². The zero-order valence-corrected chi connectivity index (χ0v) is 12.9. The number of carbonyl (C=O) groups is 1. The summed E-state index contributed by atoms with van der Waals surface area (Å²) in [7, 11) is 0. The van der Waals surface area contributed by atoms with Crippen molar-refractivity contribution in [3.05, 3.63) is 52.2 Å². The predicted octanol–water partition coefficient (Wildman–Crippen LogP) is 3.99. The van der Waals surface area contributed by atoms with Gasteiger partial charge in [-0.25, -0.2) is 0 Å². The van der Waals surface area contributed by atoms with Gasteiger partial charge in [0.1, 0.15) is 0 Å². The minimum atomic E-state index is -0.0335. The van der Waals surface area contributed by atoms with Crippen molar-refractivity contribution in [1.82, 2.24) is 4.90 Å². The van der Waals surface area contributed by atoms with Crippen LogP contribution in [-0.4, -0.2) is 23.9 Å². The summed E-state index contributed by atoms with van der Waals surface area (Å²) in [5, 5.41) is 4.85. The number of anilines is 1. The van der Waals surface area contributed by atoms with E-state index in [1.54, 1.807) is 0 Å². The number of benzene rings is 1. The van der Waals surface area contributed by atoms with Gasteiger partial charge in [-0.05, 0) is 55.1 Å². The lowest BCUT2D eigenvalue weighted by atomic mass is 10.1. The Kier molecular flexibility index (Phi) is 4.68. The van der Waals surface area contributed by atoms with Gasteiger partial charge >= 0.3 is 0 Å². The summed E-state index contributed by atoms with van der Waals surface area (Å²) in [6, 6.07) is 11.9. The van der Waals surface area contributed by atoms with Gasteiger partial charge in [-0.15, -0.1) is 11.3 Å². The Balaban J connectivity index is 1.57. The highest BCUT2D eigenvalue weighted by molar-refractivity contribution is 7.12. The fourth-order valence-corrected chi connectivity index (χ4v) is 3.29. The Morgan fingerprint density at radius 3 is 2.52 bits per heavy atom. The molecule has 1 aliphatic heterocycles. The summed E-state index contributed by atoms with van der Waals surface area (Å²) in [6.45, 7) is 3.42. The van der Waals surface area contributed by atoms with Crippen molar-refractivity contribution in [2.24, 2.45) is 0 Å². The van der Waals surface area contributed by atoms with Crippen LogP contribution in [-0.2, 0) is 6.54 Å². The Morgan fingerprint density at radius 1 is 1.10 bits per heavy atom. The lowest BCUT2D eigenvalue weighted by Crippen LogP contribution is -2.29. The minimum Gasteiger partial charge on any atom is -0.321 e. The number of nitrogens with one attached hydrogen (secondary N) is 1. The number of piperidine rings is 1. The van der Waals surface area contributed by atoms with E-state index in [-0.39, 0.29) is 5.91 Å². The van der Waals surface area contributed by atoms with Crippen LogP contribution < -0.4 is 5.32 Å². The molecule has 1 N–H and O–H groups in total. The van der Waals surface area contributed by atoms with Crippen LogP contribution in [0.25, 0.3) is 0 Å². The summed E-state index contributed by atoms with van der Waals surface area (Å²) in [6.07, 6.45) is 3.99. The van der Waals surface area contributed by atoms with E-state index in [9.17, 15) is 4.79 Å². The third-order valence-electron chi connectivity index (χ3n) is 3.81. The largest absolute Gasteiger partial charge is 0.321 e. The first-order valence-corrected chi connectivity index (χ1v) is 8.35. The van der Waals surface area contributed by atoms with Gasteiger partial charge in [0.15, 0.2) is 0 Å². The van der Waals surface area contributed by atoms with E-state index >= 15 is 0 Å². The van der Waals surface area contributed by atoms with Gasteiger partial charge in [-0.3, -0.25) is 9.69 Å². The molecule has 3 rings (SSSR count). The highest BCUT2D eigenvalue weighted by Crippen LogP contribution is 2.17. The number of nitrogens with zero attached hydrogens (tertiary/aromatic N) is 1. The first kappa shape index (κ1) is 14.3.